The molecule has 0 saturated carbocycles. The van der Waals surface area contributed by atoms with Gasteiger partial charge in [0.1, 0.15) is 5.82 Å². The van der Waals surface area contributed by atoms with Gasteiger partial charge in [-0.15, -0.1) is 0 Å². The minimum Gasteiger partial charge on any atom is -0.383 e. The standard InChI is InChI=1S/C28H26N4O2/c29-26-25-17-23(9-6-20(25)10-13-31-26)19-11-14-32(15-12-19)28(34)21-7-4-18(5-8-21)22-2-1-3-24(16-22)27(30)33/h1-10,13,16-17,19H,11-12,14-15H2,(H2,29,31)(H2,30,33). The molecule has 5 rings (SSSR count). The molecule has 1 aliphatic rings. The molecule has 4 N–H and O–H groups in total. The van der Waals surface area contributed by atoms with Gasteiger partial charge in [-0.1, -0.05) is 36.4 Å². The molecule has 3 aromatic carbocycles. The number of hydrogen-bond acceptors (Lipinski definition) is 4. The van der Waals surface area contributed by atoms with Gasteiger partial charge in [-0.25, -0.2) is 4.98 Å². The Morgan fingerprint density at radius 2 is 1.62 bits per heavy atom. The first-order valence-corrected chi connectivity index (χ1v) is 11.4. The molecule has 0 bridgehead atoms. The number of pyridine rings is 1. The summed E-state index contributed by atoms with van der Waals surface area (Å²) < 4.78 is 0. The second kappa shape index (κ2) is 8.98. The number of likely N-dealkylation sites (tertiary alicyclic amines) is 1. The number of carbonyl (C=O) groups excluding carboxylic acids is 2. The third-order valence-electron chi connectivity index (χ3n) is 6.69. The average molecular weight is 451 g/mol. The van der Waals surface area contributed by atoms with Crippen LogP contribution in [0.5, 0.6) is 0 Å². The van der Waals surface area contributed by atoms with E-state index in [2.05, 4.69) is 23.2 Å². The molecule has 0 spiro atoms. The second-order valence-electron chi connectivity index (χ2n) is 8.77. The molecular weight excluding hydrogens is 424 g/mol. The van der Waals surface area contributed by atoms with Gasteiger partial charge in [0.2, 0.25) is 5.91 Å². The zero-order valence-corrected chi connectivity index (χ0v) is 18.8. The Hall–Kier alpha value is -4.19. The maximum atomic E-state index is 13.1. The van der Waals surface area contributed by atoms with Crippen molar-refractivity contribution in [2.45, 2.75) is 18.8 Å². The molecule has 1 aromatic heterocycles. The third-order valence-corrected chi connectivity index (χ3v) is 6.69. The lowest BCUT2D eigenvalue weighted by molar-refractivity contribution is 0.0713. The summed E-state index contributed by atoms with van der Waals surface area (Å²) in [6.07, 6.45) is 3.55. The summed E-state index contributed by atoms with van der Waals surface area (Å²) in [5.74, 6) is 0.536. The van der Waals surface area contributed by atoms with Crippen molar-refractivity contribution >= 4 is 28.4 Å². The highest BCUT2D eigenvalue weighted by Crippen LogP contribution is 2.32. The van der Waals surface area contributed by atoms with Crippen LogP contribution < -0.4 is 11.5 Å². The number of nitrogens with zero attached hydrogens (tertiary/aromatic N) is 2. The van der Waals surface area contributed by atoms with Crippen molar-refractivity contribution < 1.29 is 9.59 Å². The van der Waals surface area contributed by atoms with E-state index in [4.69, 9.17) is 11.5 Å². The Morgan fingerprint density at radius 3 is 2.35 bits per heavy atom. The van der Waals surface area contributed by atoms with Gasteiger partial charge in [-0.3, -0.25) is 9.59 Å². The van der Waals surface area contributed by atoms with Crippen molar-refractivity contribution in [3.8, 4) is 11.1 Å². The van der Waals surface area contributed by atoms with Crippen LogP contribution >= 0.6 is 0 Å². The third kappa shape index (κ3) is 4.22. The smallest absolute Gasteiger partial charge is 0.253 e. The van der Waals surface area contributed by atoms with Gasteiger partial charge in [0.15, 0.2) is 0 Å². The first kappa shape index (κ1) is 21.6. The van der Waals surface area contributed by atoms with Gasteiger partial charge in [0, 0.05) is 35.8 Å². The zero-order valence-electron chi connectivity index (χ0n) is 18.8. The van der Waals surface area contributed by atoms with Crippen molar-refractivity contribution in [1.29, 1.82) is 0 Å². The molecular formula is C28H26N4O2. The van der Waals surface area contributed by atoms with Crippen molar-refractivity contribution in [1.82, 2.24) is 9.88 Å². The molecule has 1 aliphatic heterocycles. The topological polar surface area (TPSA) is 102 Å². The molecule has 6 heteroatoms. The van der Waals surface area contributed by atoms with Gasteiger partial charge in [0.05, 0.1) is 0 Å². The van der Waals surface area contributed by atoms with E-state index >= 15 is 0 Å². The number of hydrogen-bond donors (Lipinski definition) is 2. The molecule has 0 radical (unpaired) electrons. The lowest BCUT2D eigenvalue weighted by atomic mass is 9.88. The summed E-state index contributed by atoms with van der Waals surface area (Å²) >= 11 is 0. The monoisotopic (exact) mass is 450 g/mol. The van der Waals surface area contributed by atoms with E-state index < -0.39 is 5.91 Å². The van der Waals surface area contributed by atoms with Crippen molar-refractivity contribution in [2.75, 3.05) is 18.8 Å². The number of nitrogens with two attached hydrogens (primary N) is 2. The molecule has 6 nitrogen and oxygen atoms in total. The largest absolute Gasteiger partial charge is 0.383 e. The predicted octanol–water partition coefficient (Wildman–Crippen LogP) is 4.60. The van der Waals surface area contributed by atoms with Crippen LogP contribution in [0.15, 0.2) is 79.0 Å². The number of primary amides is 1. The van der Waals surface area contributed by atoms with Crippen molar-refractivity contribution in [3.63, 3.8) is 0 Å². The van der Waals surface area contributed by atoms with Crippen molar-refractivity contribution in [2.24, 2.45) is 5.73 Å². The number of fused-ring (bicyclic) bond motifs is 1. The van der Waals surface area contributed by atoms with E-state index in [1.54, 1.807) is 24.4 Å². The second-order valence-corrected chi connectivity index (χ2v) is 8.77. The van der Waals surface area contributed by atoms with Crippen LogP contribution in [0.4, 0.5) is 5.82 Å². The number of benzene rings is 3. The molecule has 1 saturated heterocycles. The van der Waals surface area contributed by atoms with Crippen LogP contribution in [-0.2, 0) is 0 Å². The lowest BCUT2D eigenvalue weighted by Crippen LogP contribution is -2.37. The maximum Gasteiger partial charge on any atom is 0.253 e. The minimum atomic E-state index is -0.458. The van der Waals surface area contributed by atoms with E-state index in [1.807, 2.05) is 41.3 Å². The summed E-state index contributed by atoms with van der Waals surface area (Å²) in [4.78, 5) is 30.7. The first-order valence-electron chi connectivity index (χ1n) is 11.4. The molecule has 170 valence electrons. The van der Waals surface area contributed by atoms with Crippen LogP contribution in [0.25, 0.3) is 21.9 Å². The molecule has 0 aliphatic carbocycles. The van der Waals surface area contributed by atoms with Gasteiger partial charge in [-0.2, -0.15) is 0 Å². The summed E-state index contributed by atoms with van der Waals surface area (Å²) in [6, 6.07) is 23.1. The number of nitrogen functional groups attached to an aromatic ring is 1. The Labute approximate surface area is 198 Å². The molecule has 2 heterocycles. The van der Waals surface area contributed by atoms with E-state index in [-0.39, 0.29) is 5.91 Å². The highest BCUT2D eigenvalue weighted by atomic mass is 16.2. The fraction of sp³-hybridized carbons (Fsp3) is 0.179. The summed E-state index contributed by atoms with van der Waals surface area (Å²) in [6.45, 7) is 1.43. The highest BCUT2D eigenvalue weighted by Gasteiger charge is 2.25. The molecule has 34 heavy (non-hydrogen) atoms. The van der Waals surface area contributed by atoms with Gasteiger partial charge in [0.25, 0.3) is 5.91 Å². The number of carbonyl (C=O) groups is 2. The molecule has 0 unspecified atom stereocenters. The number of anilines is 1. The van der Waals surface area contributed by atoms with Gasteiger partial charge < -0.3 is 16.4 Å². The van der Waals surface area contributed by atoms with Crippen LogP contribution in [0, 0.1) is 0 Å². The Balaban J connectivity index is 1.26. The summed E-state index contributed by atoms with van der Waals surface area (Å²) in [5.41, 5.74) is 15.7. The highest BCUT2D eigenvalue weighted by molar-refractivity contribution is 5.96. The number of rotatable bonds is 4. The van der Waals surface area contributed by atoms with E-state index in [9.17, 15) is 9.59 Å². The molecule has 4 aromatic rings. The Morgan fingerprint density at radius 1 is 0.853 bits per heavy atom. The van der Waals surface area contributed by atoms with Gasteiger partial charge in [-0.05, 0) is 77.2 Å². The van der Waals surface area contributed by atoms with E-state index in [1.165, 1.54) is 5.56 Å². The van der Waals surface area contributed by atoms with E-state index in [0.717, 1.165) is 34.7 Å². The number of amides is 2. The fourth-order valence-electron chi connectivity index (χ4n) is 4.72. The molecule has 1 fully saturated rings. The quantitative estimate of drug-likeness (QED) is 0.474. The first-order chi connectivity index (χ1) is 16.5. The average Bonchev–Trinajstić information content (AvgIpc) is 2.88. The van der Waals surface area contributed by atoms with E-state index in [0.29, 0.717) is 36.0 Å². The summed E-state index contributed by atoms with van der Waals surface area (Å²) in [5, 5.41) is 2.08. The lowest BCUT2D eigenvalue weighted by Gasteiger charge is -2.32. The molecule has 0 atom stereocenters. The number of piperidine rings is 1. The maximum absolute atomic E-state index is 13.1. The molecule has 2 amide bonds. The number of aromatic nitrogens is 1. The van der Waals surface area contributed by atoms with Crippen LogP contribution in [0.3, 0.4) is 0 Å². The SMILES string of the molecule is NC(=O)c1cccc(-c2ccc(C(=O)N3CCC(c4ccc5ccnc(N)c5c4)CC3)cc2)c1. The van der Waals surface area contributed by atoms with Crippen LogP contribution in [-0.4, -0.2) is 34.8 Å². The van der Waals surface area contributed by atoms with Crippen LogP contribution in [0.1, 0.15) is 45.0 Å². The normalized spacial score (nSPS) is 14.3. The minimum absolute atomic E-state index is 0.0443. The van der Waals surface area contributed by atoms with Crippen molar-refractivity contribution in [3.05, 3.63) is 95.7 Å². The zero-order chi connectivity index (χ0) is 23.7. The Bertz CT molecular complexity index is 1370. The summed E-state index contributed by atoms with van der Waals surface area (Å²) in [7, 11) is 0. The fourth-order valence-corrected chi connectivity index (χ4v) is 4.72. The van der Waals surface area contributed by atoms with Gasteiger partial charge >= 0.3 is 0 Å². The predicted molar refractivity (Wildman–Crippen MR) is 134 cm³/mol. The van der Waals surface area contributed by atoms with Crippen LogP contribution in [0.2, 0.25) is 0 Å². The Kier molecular flexibility index (Phi) is 5.72.